The van der Waals surface area contributed by atoms with Crippen molar-refractivity contribution in [3.8, 4) is 0 Å². The van der Waals surface area contributed by atoms with Gasteiger partial charge in [0.2, 0.25) is 5.91 Å². The van der Waals surface area contributed by atoms with Crippen LogP contribution in [0.1, 0.15) is 20.7 Å². The second-order valence-corrected chi connectivity index (χ2v) is 5.04. The molecular weight excluding hydrogens is 325 g/mol. The van der Waals surface area contributed by atoms with Crippen LogP contribution in [0, 0.1) is 17.5 Å². The maximum atomic E-state index is 13.7. The van der Waals surface area contributed by atoms with Crippen molar-refractivity contribution in [1.29, 1.82) is 0 Å². The van der Waals surface area contributed by atoms with Gasteiger partial charge in [0, 0.05) is 11.8 Å². The van der Waals surface area contributed by atoms with Crippen molar-refractivity contribution >= 4 is 23.4 Å². The molecule has 0 aromatic heterocycles. The van der Waals surface area contributed by atoms with Crippen molar-refractivity contribution in [1.82, 2.24) is 4.90 Å². The summed E-state index contributed by atoms with van der Waals surface area (Å²) in [6.07, 6.45) is 0. The molecule has 2 aromatic carbocycles. The van der Waals surface area contributed by atoms with Gasteiger partial charge in [-0.2, -0.15) is 0 Å². The molecule has 0 bridgehead atoms. The van der Waals surface area contributed by atoms with Gasteiger partial charge >= 0.3 is 0 Å². The zero-order valence-corrected chi connectivity index (χ0v) is 12.0. The standard InChI is InChI=1S/C16H9F3N2O3/c17-10-5-4-8(6-12(10)19)20-13(22)7-21-15(23)9-2-1-3-11(18)14(9)16(21)24/h1-6H,7H2,(H,20,22). The molecule has 1 aliphatic rings. The SMILES string of the molecule is O=C(CN1C(=O)c2cccc(F)c2C1=O)Nc1ccc(F)c(F)c1. The van der Waals surface area contributed by atoms with Crippen LogP contribution in [0.2, 0.25) is 0 Å². The van der Waals surface area contributed by atoms with E-state index in [0.717, 1.165) is 24.3 Å². The van der Waals surface area contributed by atoms with Crippen molar-refractivity contribution in [2.75, 3.05) is 11.9 Å². The van der Waals surface area contributed by atoms with Crippen LogP contribution in [0.5, 0.6) is 0 Å². The van der Waals surface area contributed by atoms with Gasteiger partial charge in [0.05, 0.1) is 11.1 Å². The molecule has 1 heterocycles. The molecule has 0 fully saturated rings. The number of carbonyl (C=O) groups excluding carboxylic acids is 3. The first-order valence-corrected chi connectivity index (χ1v) is 6.78. The molecule has 0 radical (unpaired) electrons. The Bertz CT molecular complexity index is 883. The number of fused-ring (bicyclic) bond motifs is 1. The van der Waals surface area contributed by atoms with E-state index in [4.69, 9.17) is 0 Å². The molecule has 5 nitrogen and oxygen atoms in total. The van der Waals surface area contributed by atoms with Crippen LogP contribution in [0.15, 0.2) is 36.4 Å². The van der Waals surface area contributed by atoms with Crippen LogP contribution >= 0.6 is 0 Å². The van der Waals surface area contributed by atoms with Gasteiger partial charge in [0.15, 0.2) is 11.6 Å². The van der Waals surface area contributed by atoms with E-state index in [-0.39, 0.29) is 16.8 Å². The van der Waals surface area contributed by atoms with Crippen LogP contribution in [-0.4, -0.2) is 29.2 Å². The average Bonchev–Trinajstić information content (AvgIpc) is 2.77. The molecule has 0 saturated heterocycles. The minimum absolute atomic E-state index is 0.0401. The third kappa shape index (κ3) is 2.62. The van der Waals surface area contributed by atoms with Crippen molar-refractivity contribution in [3.63, 3.8) is 0 Å². The number of nitrogens with one attached hydrogen (secondary N) is 1. The predicted octanol–water partition coefficient (Wildman–Crippen LogP) is 2.34. The predicted molar refractivity (Wildman–Crippen MR) is 76.8 cm³/mol. The number of rotatable bonds is 3. The zero-order chi connectivity index (χ0) is 17.4. The Morgan fingerprint density at radius 2 is 1.71 bits per heavy atom. The van der Waals surface area contributed by atoms with Crippen molar-refractivity contribution in [2.24, 2.45) is 0 Å². The van der Waals surface area contributed by atoms with Gasteiger partial charge in [0.1, 0.15) is 12.4 Å². The summed E-state index contributed by atoms with van der Waals surface area (Å²) in [5.74, 6) is -5.62. The smallest absolute Gasteiger partial charge is 0.265 e. The van der Waals surface area contributed by atoms with Crippen LogP contribution < -0.4 is 5.32 Å². The Labute approximate surface area is 133 Å². The Balaban J connectivity index is 1.76. The number of nitrogens with zero attached hydrogens (tertiary/aromatic N) is 1. The lowest BCUT2D eigenvalue weighted by Crippen LogP contribution is -2.37. The lowest BCUT2D eigenvalue weighted by atomic mass is 10.1. The van der Waals surface area contributed by atoms with Gasteiger partial charge in [-0.25, -0.2) is 13.2 Å². The molecule has 3 rings (SSSR count). The first-order chi connectivity index (χ1) is 11.4. The lowest BCUT2D eigenvalue weighted by Gasteiger charge is -2.13. The highest BCUT2D eigenvalue weighted by atomic mass is 19.2. The van der Waals surface area contributed by atoms with Gasteiger partial charge in [-0.05, 0) is 24.3 Å². The minimum Gasteiger partial charge on any atom is -0.324 e. The number of hydrogen-bond acceptors (Lipinski definition) is 3. The molecular formula is C16H9F3N2O3. The summed E-state index contributed by atoms with van der Waals surface area (Å²) in [6, 6.07) is 6.31. The molecule has 3 amide bonds. The molecule has 0 unspecified atom stereocenters. The van der Waals surface area contributed by atoms with E-state index in [0.29, 0.717) is 4.90 Å². The molecule has 2 aromatic rings. The second-order valence-electron chi connectivity index (χ2n) is 5.04. The van der Waals surface area contributed by atoms with Gasteiger partial charge < -0.3 is 5.32 Å². The van der Waals surface area contributed by atoms with E-state index in [2.05, 4.69) is 5.32 Å². The Morgan fingerprint density at radius 1 is 0.958 bits per heavy atom. The third-order valence-electron chi connectivity index (χ3n) is 3.45. The summed E-state index contributed by atoms with van der Waals surface area (Å²) < 4.78 is 39.6. The number of carbonyl (C=O) groups is 3. The number of hydrogen-bond donors (Lipinski definition) is 1. The van der Waals surface area contributed by atoms with Gasteiger partial charge in [-0.15, -0.1) is 0 Å². The highest BCUT2D eigenvalue weighted by Crippen LogP contribution is 2.25. The maximum absolute atomic E-state index is 13.7. The highest BCUT2D eigenvalue weighted by molar-refractivity contribution is 6.22. The first kappa shape index (κ1) is 15.7. The zero-order valence-electron chi connectivity index (χ0n) is 12.0. The molecule has 0 spiro atoms. The molecule has 0 aliphatic carbocycles. The van der Waals surface area contributed by atoms with Crippen LogP contribution in [0.4, 0.5) is 18.9 Å². The number of halogens is 3. The van der Waals surface area contributed by atoms with Crippen LogP contribution in [0.25, 0.3) is 0 Å². The summed E-state index contributed by atoms with van der Waals surface area (Å²) in [5, 5.41) is 2.23. The van der Waals surface area contributed by atoms with Crippen LogP contribution in [-0.2, 0) is 4.79 Å². The Hall–Kier alpha value is -3.16. The third-order valence-corrected chi connectivity index (χ3v) is 3.45. The van der Waals surface area contributed by atoms with E-state index in [1.807, 2.05) is 0 Å². The largest absolute Gasteiger partial charge is 0.324 e. The van der Waals surface area contributed by atoms with E-state index >= 15 is 0 Å². The fourth-order valence-corrected chi connectivity index (χ4v) is 2.35. The highest BCUT2D eigenvalue weighted by Gasteiger charge is 2.38. The van der Waals surface area contributed by atoms with E-state index in [9.17, 15) is 27.6 Å². The topological polar surface area (TPSA) is 66.5 Å². The van der Waals surface area contributed by atoms with Gasteiger partial charge in [0.25, 0.3) is 11.8 Å². The molecule has 1 N–H and O–H groups in total. The molecule has 0 atom stereocenters. The number of benzene rings is 2. The quantitative estimate of drug-likeness (QED) is 0.876. The number of imide groups is 1. The first-order valence-electron chi connectivity index (χ1n) is 6.78. The summed E-state index contributed by atoms with van der Waals surface area (Å²) in [4.78, 5) is 36.7. The summed E-state index contributed by atoms with van der Waals surface area (Å²) in [7, 11) is 0. The van der Waals surface area contributed by atoms with Crippen molar-refractivity contribution in [2.45, 2.75) is 0 Å². The minimum atomic E-state index is -1.16. The molecule has 24 heavy (non-hydrogen) atoms. The van der Waals surface area contributed by atoms with E-state index < -0.39 is 41.7 Å². The van der Waals surface area contributed by atoms with Crippen molar-refractivity contribution < 1.29 is 27.6 Å². The summed E-state index contributed by atoms with van der Waals surface area (Å²) in [6.45, 7) is -0.676. The molecule has 122 valence electrons. The summed E-state index contributed by atoms with van der Waals surface area (Å²) in [5.41, 5.74) is -0.551. The molecule has 1 aliphatic heterocycles. The Kier molecular flexibility index (Phi) is 3.80. The molecule has 0 saturated carbocycles. The van der Waals surface area contributed by atoms with Crippen molar-refractivity contribution in [3.05, 3.63) is 65.0 Å². The number of amides is 3. The monoisotopic (exact) mass is 334 g/mol. The normalized spacial score (nSPS) is 13.2. The molecule has 8 heteroatoms. The maximum Gasteiger partial charge on any atom is 0.265 e. The summed E-state index contributed by atoms with van der Waals surface area (Å²) >= 11 is 0. The van der Waals surface area contributed by atoms with E-state index in [1.54, 1.807) is 0 Å². The van der Waals surface area contributed by atoms with E-state index in [1.165, 1.54) is 12.1 Å². The Morgan fingerprint density at radius 3 is 2.38 bits per heavy atom. The average molecular weight is 334 g/mol. The van der Waals surface area contributed by atoms with Gasteiger partial charge in [-0.3, -0.25) is 19.3 Å². The fourth-order valence-electron chi connectivity index (χ4n) is 2.35. The fraction of sp³-hybridized carbons (Fsp3) is 0.0625. The number of anilines is 1. The second kappa shape index (κ2) is 5.80. The van der Waals surface area contributed by atoms with Crippen LogP contribution in [0.3, 0.4) is 0 Å². The lowest BCUT2D eigenvalue weighted by molar-refractivity contribution is -0.116. The van der Waals surface area contributed by atoms with Gasteiger partial charge in [-0.1, -0.05) is 6.07 Å².